The number of carbonyl (C=O) groups is 2. The highest BCUT2D eigenvalue weighted by Crippen LogP contribution is 2.28. The molecule has 0 saturated heterocycles. The van der Waals surface area contributed by atoms with E-state index in [1.54, 1.807) is 12.1 Å². The molecule has 150 valence electrons. The monoisotopic (exact) mass is 408 g/mol. The van der Waals surface area contributed by atoms with Crippen molar-refractivity contribution in [2.45, 2.75) is 4.90 Å². The lowest BCUT2D eigenvalue weighted by molar-refractivity contribution is -0.142. The summed E-state index contributed by atoms with van der Waals surface area (Å²) in [4.78, 5) is 23.7. The molecule has 1 heterocycles. The first-order chi connectivity index (χ1) is 13.2. The Morgan fingerprint density at radius 3 is 2.61 bits per heavy atom. The van der Waals surface area contributed by atoms with Gasteiger partial charge in [-0.3, -0.25) is 4.79 Å². The number of anilines is 1. The van der Waals surface area contributed by atoms with Crippen LogP contribution in [0.3, 0.4) is 0 Å². The average molecular weight is 408 g/mol. The summed E-state index contributed by atoms with van der Waals surface area (Å²) in [6, 6.07) is 7.37. The minimum Gasteiger partial charge on any atom is -0.495 e. The molecule has 0 aliphatic heterocycles. The number of sulfonamides is 1. The minimum absolute atomic E-state index is 0.0213. The predicted octanol–water partition coefficient (Wildman–Crippen LogP) is 1.73. The van der Waals surface area contributed by atoms with E-state index >= 15 is 0 Å². The fraction of sp³-hybridized carbons (Fsp3) is 0.222. The van der Waals surface area contributed by atoms with Crippen LogP contribution in [0.15, 0.2) is 52.0 Å². The van der Waals surface area contributed by atoms with Gasteiger partial charge in [0.15, 0.2) is 6.61 Å². The summed E-state index contributed by atoms with van der Waals surface area (Å²) < 4.78 is 40.5. The van der Waals surface area contributed by atoms with Crippen LogP contribution in [-0.2, 0) is 24.3 Å². The number of nitrogens with one attached hydrogen (secondary N) is 1. The smallest absolute Gasteiger partial charge is 0.331 e. The molecule has 0 atom stereocenters. The third-order valence-electron chi connectivity index (χ3n) is 3.50. The number of methoxy groups -OCH3 is 1. The van der Waals surface area contributed by atoms with Crippen molar-refractivity contribution in [1.29, 1.82) is 0 Å². The Labute approximate surface area is 162 Å². The molecule has 1 amide bonds. The van der Waals surface area contributed by atoms with Crippen LogP contribution in [0.5, 0.6) is 5.75 Å². The largest absolute Gasteiger partial charge is 0.495 e. The van der Waals surface area contributed by atoms with E-state index in [9.17, 15) is 18.0 Å². The van der Waals surface area contributed by atoms with Crippen molar-refractivity contribution >= 4 is 33.7 Å². The number of rotatable bonds is 8. The molecule has 0 saturated carbocycles. The lowest BCUT2D eigenvalue weighted by Crippen LogP contribution is -2.23. The van der Waals surface area contributed by atoms with Crippen molar-refractivity contribution in [3.8, 4) is 5.75 Å². The van der Waals surface area contributed by atoms with Gasteiger partial charge in [0, 0.05) is 20.2 Å². The Morgan fingerprint density at radius 1 is 1.25 bits per heavy atom. The van der Waals surface area contributed by atoms with E-state index in [1.165, 1.54) is 51.7 Å². The number of hydrogen-bond donors (Lipinski definition) is 1. The van der Waals surface area contributed by atoms with Gasteiger partial charge >= 0.3 is 5.97 Å². The molecule has 0 bridgehead atoms. The molecule has 1 N–H and O–H groups in total. The molecule has 10 heteroatoms. The Balaban J connectivity index is 2.03. The molecule has 0 spiro atoms. The van der Waals surface area contributed by atoms with E-state index in [0.29, 0.717) is 5.76 Å². The number of furan rings is 1. The number of benzene rings is 1. The molecule has 28 heavy (non-hydrogen) atoms. The fourth-order valence-corrected chi connectivity index (χ4v) is 2.99. The number of carbonyl (C=O) groups excluding carboxylic acids is 2. The van der Waals surface area contributed by atoms with Crippen molar-refractivity contribution in [3.05, 3.63) is 48.4 Å². The van der Waals surface area contributed by atoms with Crippen LogP contribution in [-0.4, -0.2) is 52.4 Å². The molecule has 9 nitrogen and oxygen atoms in total. The van der Waals surface area contributed by atoms with Crippen LogP contribution in [0.25, 0.3) is 6.08 Å². The van der Waals surface area contributed by atoms with Gasteiger partial charge in [0.1, 0.15) is 11.5 Å². The third kappa shape index (κ3) is 5.44. The van der Waals surface area contributed by atoms with Crippen LogP contribution in [0.2, 0.25) is 0 Å². The average Bonchev–Trinajstić information content (AvgIpc) is 3.18. The van der Waals surface area contributed by atoms with Gasteiger partial charge in [-0.05, 0) is 36.4 Å². The second kappa shape index (κ2) is 9.20. The zero-order valence-electron chi connectivity index (χ0n) is 15.5. The molecular weight excluding hydrogens is 388 g/mol. The van der Waals surface area contributed by atoms with Crippen molar-refractivity contribution in [3.63, 3.8) is 0 Å². The molecule has 1 aromatic carbocycles. The van der Waals surface area contributed by atoms with Crippen LogP contribution >= 0.6 is 0 Å². The number of hydrogen-bond acceptors (Lipinski definition) is 7. The highest BCUT2D eigenvalue weighted by Gasteiger charge is 2.20. The van der Waals surface area contributed by atoms with Crippen molar-refractivity contribution in [1.82, 2.24) is 4.31 Å². The van der Waals surface area contributed by atoms with Crippen LogP contribution < -0.4 is 10.1 Å². The highest BCUT2D eigenvalue weighted by molar-refractivity contribution is 7.89. The standard InChI is InChI=1S/C18H20N2O7S/c1-20(2)28(23,24)14-7-8-16(25-3)15(11-14)19-17(21)12-27-18(22)9-6-13-5-4-10-26-13/h4-11H,12H2,1-3H3,(H,19,21). The van der Waals surface area contributed by atoms with E-state index in [4.69, 9.17) is 13.9 Å². The van der Waals surface area contributed by atoms with Crippen molar-refractivity contribution < 1.29 is 31.9 Å². The van der Waals surface area contributed by atoms with Gasteiger partial charge < -0.3 is 19.2 Å². The molecule has 0 aliphatic carbocycles. The number of nitrogens with zero attached hydrogens (tertiary/aromatic N) is 1. The van der Waals surface area contributed by atoms with E-state index in [-0.39, 0.29) is 16.3 Å². The first-order valence-electron chi connectivity index (χ1n) is 8.03. The molecule has 0 aliphatic rings. The van der Waals surface area contributed by atoms with Gasteiger partial charge in [0.2, 0.25) is 10.0 Å². The fourth-order valence-electron chi connectivity index (χ4n) is 2.06. The van der Waals surface area contributed by atoms with Crippen molar-refractivity contribution in [2.75, 3.05) is 33.1 Å². The van der Waals surface area contributed by atoms with E-state index < -0.39 is 28.5 Å². The zero-order valence-corrected chi connectivity index (χ0v) is 16.4. The maximum Gasteiger partial charge on any atom is 0.331 e. The predicted molar refractivity (Wildman–Crippen MR) is 101 cm³/mol. The summed E-state index contributed by atoms with van der Waals surface area (Å²) in [6.45, 7) is -0.560. The van der Waals surface area contributed by atoms with Gasteiger partial charge in [0.25, 0.3) is 5.91 Å². The summed E-state index contributed by atoms with van der Waals surface area (Å²) in [5, 5.41) is 2.47. The quantitative estimate of drug-likeness (QED) is 0.522. The second-order valence-electron chi connectivity index (χ2n) is 5.65. The first-order valence-corrected chi connectivity index (χ1v) is 9.47. The number of esters is 1. The maximum atomic E-state index is 12.2. The topological polar surface area (TPSA) is 115 Å². The van der Waals surface area contributed by atoms with E-state index in [2.05, 4.69) is 5.32 Å². The summed E-state index contributed by atoms with van der Waals surface area (Å²) in [7, 11) is 0.481. The zero-order chi connectivity index (χ0) is 20.7. The minimum atomic E-state index is -3.69. The SMILES string of the molecule is COc1ccc(S(=O)(=O)N(C)C)cc1NC(=O)COC(=O)C=Cc1ccco1. The molecule has 1 aromatic heterocycles. The van der Waals surface area contributed by atoms with Gasteiger partial charge in [-0.1, -0.05) is 0 Å². The third-order valence-corrected chi connectivity index (χ3v) is 5.31. The van der Waals surface area contributed by atoms with Gasteiger partial charge in [-0.2, -0.15) is 0 Å². The lowest BCUT2D eigenvalue weighted by atomic mass is 10.3. The van der Waals surface area contributed by atoms with Crippen molar-refractivity contribution in [2.24, 2.45) is 0 Å². The Hall–Kier alpha value is -3.11. The normalized spacial score (nSPS) is 11.6. The molecule has 2 rings (SSSR count). The molecule has 0 fully saturated rings. The first kappa shape index (κ1) is 21.2. The molecule has 0 unspecified atom stereocenters. The summed E-state index contributed by atoms with van der Waals surface area (Å²) in [5.41, 5.74) is 0.137. The summed E-state index contributed by atoms with van der Waals surface area (Å²) in [6.07, 6.45) is 3.98. The van der Waals surface area contributed by atoms with Crippen LogP contribution in [0, 0.1) is 0 Å². The Morgan fingerprint density at radius 2 is 2.00 bits per heavy atom. The molecule has 2 aromatic rings. The number of amides is 1. The highest BCUT2D eigenvalue weighted by atomic mass is 32.2. The van der Waals surface area contributed by atoms with Crippen LogP contribution in [0.4, 0.5) is 5.69 Å². The van der Waals surface area contributed by atoms with E-state index in [1.807, 2.05) is 0 Å². The Kier molecular flexibility index (Phi) is 6.96. The maximum absolute atomic E-state index is 12.2. The van der Waals surface area contributed by atoms with Gasteiger partial charge in [-0.25, -0.2) is 17.5 Å². The summed E-state index contributed by atoms with van der Waals surface area (Å²) >= 11 is 0. The van der Waals surface area contributed by atoms with Crippen LogP contribution in [0.1, 0.15) is 5.76 Å². The lowest BCUT2D eigenvalue weighted by Gasteiger charge is -2.15. The summed E-state index contributed by atoms with van der Waals surface area (Å²) in [5.74, 6) is -0.667. The molecule has 0 radical (unpaired) electrons. The van der Waals surface area contributed by atoms with E-state index in [0.717, 1.165) is 10.4 Å². The van der Waals surface area contributed by atoms with Gasteiger partial charge in [0.05, 0.1) is 24.0 Å². The molecular formula is C18H20N2O7S. The Bertz CT molecular complexity index is 964. The second-order valence-corrected chi connectivity index (χ2v) is 7.81. The number of ether oxygens (including phenoxy) is 2. The van der Waals surface area contributed by atoms with Gasteiger partial charge in [-0.15, -0.1) is 0 Å².